The Labute approximate surface area is 145 Å². The Hall–Kier alpha value is -2.24. The van der Waals surface area contributed by atoms with E-state index in [2.05, 4.69) is 72.3 Å². The highest BCUT2D eigenvalue weighted by molar-refractivity contribution is 5.88. The Morgan fingerprint density at radius 1 is 1.00 bits per heavy atom. The predicted molar refractivity (Wildman–Crippen MR) is 103 cm³/mol. The fraction of sp³-hybridized carbons (Fsp3) is 0.348. The first-order valence-electron chi connectivity index (χ1n) is 9.20. The van der Waals surface area contributed by atoms with Crippen LogP contribution in [-0.2, 0) is 6.42 Å². The van der Waals surface area contributed by atoms with Gasteiger partial charge in [0.05, 0.1) is 5.70 Å². The van der Waals surface area contributed by atoms with Crippen LogP contribution in [0.15, 0.2) is 54.3 Å². The number of para-hydroxylation sites is 1. The van der Waals surface area contributed by atoms with Gasteiger partial charge in [0.15, 0.2) is 0 Å². The molecule has 2 aliphatic rings. The van der Waals surface area contributed by atoms with Crippen molar-refractivity contribution in [2.75, 3.05) is 11.9 Å². The molecule has 1 heterocycles. The molecule has 0 atom stereocenters. The molecule has 2 aromatic rings. The second-order valence-electron chi connectivity index (χ2n) is 7.16. The number of fused-ring (bicyclic) bond motifs is 1. The number of hydrogen-bond donors (Lipinski definition) is 0. The third-order valence-electron chi connectivity index (χ3n) is 5.45. The first-order chi connectivity index (χ1) is 11.8. The van der Waals surface area contributed by atoms with Gasteiger partial charge in [0.25, 0.3) is 0 Å². The molecule has 1 fully saturated rings. The summed E-state index contributed by atoms with van der Waals surface area (Å²) in [6, 6.07) is 17.6. The molecule has 1 saturated carbocycles. The average Bonchev–Trinajstić information content (AvgIpc) is 2.63. The molecular formula is C23H25N. The van der Waals surface area contributed by atoms with Crippen LogP contribution in [-0.4, -0.2) is 7.05 Å². The normalized spacial score (nSPS) is 17.5. The van der Waals surface area contributed by atoms with Crippen molar-refractivity contribution in [1.82, 2.24) is 0 Å². The van der Waals surface area contributed by atoms with E-state index in [-0.39, 0.29) is 0 Å². The van der Waals surface area contributed by atoms with Crippen molar-refractivity contribution in [3.8, 4) is 0 Å². The van der Waals surface area contributed by atoms with Crippen molar-refractivity contribution in [2.45, 2.75) is 38.5 Å². The summed E-state index contributed by atoms with van der Waals surface area (Å²) < 4.78 is 0. The van der Waals surface area contributed by atoms with E-state index in [1.165, 1.54) is 66.6 Å². The highest BCUT2D eigenvalue weighted by Gasteiger charge is 2.17. The molecule has 0 radical (unpaired) electrons. The molecule has 24 heavy (non-hydrogen) atoms. The van der Waals surface area contributed by atoms with Gasteiger partial charge in [0.1, 0.15) is 0 Å². The Kier molecular flexibility index (Phi) is 4.28. The Morgan fingerprint density at radius 3 is 2.71 bits per heavy atom. The third kappa shape index (κ3) is 3.05. The van der Waals surface area contributed by atoms with E-state index in [0.717, 1.165) is 5.92 Å². The van der Waals surface area contributed by atoms with E-state index in [1.807, 2.05) is 0 Å². The standard InChI is InChI=1S/C23H25N/c1-24-22-13-6-5-11-20(22)14-15-23(24)21-12-7-10-19(17-21)16-18-8-3-2-4-9-18/h5-7,10-14,17-18H,2-4,8-9,16H2,1H3. The zero-order chi connectivity index (χ0) is 16.4. The minimum atomic E-state index is 0.878. The molecule has 0 amide bonds. The summed E-state index contributed by atoms with van der Waals surface area (Å²) in [5, 5.41) is 0. The molecule has 2 aromatic carbocycles. The molecule has 0 N–H and O–H groups in total. The van der Waals surface area contributed by atoms with E-state index in [4.69, 9.17) is 0 Å². The lowest BCUT2D eigenvalue weighted by molar-refractivity contribution is 0.356. The van der Waals surface area contributed by atoms with Gasteiger partial charge in [-0.15, -0.1) is 0 Å². The van der Waals surface area contributed by atoms with Crippen LogP contribution in [0.4, 0.5) is 5.69 Å². The molecule has 0 saturated heterocycles. The molecule has 122 valence electrons. The summed E-state index contributed by atoms with van der Waals surface area (Å²) in [5.74, 6) is 0.878. The number of nitrogens with zero attached hydrogens (tertiary/aromatic N) is 1. The van der Waals surface area contributed by atoms with Crippen LogP contribution in [0.2, 0.25) is 0 Å². The van der Waals surface area contributed by atoms with Gasteiger partial charge in [0.2, 0.25) is 0 Å². The van der Waals surface area contributed by atoms with Crippen molar-refractivity contribution >= 4 is 17.5 Å². The van der Waals surface area contributed by atoms with E-state index in [0.29, 0.717) is 0 Å². The summed E-state index contributed by atoms with van der Waals surface area (Å²) in [7, 11) is 2.14. The van der Waals surface area contributed by atoms with Crippen LogP contribution < -0.4 is 4.90 Å². The fourth-order valence-electron chi connectivity index (χ4n) is 4.13. The number of anilines is 1. The summed E-state index contributed by atoms with van der Waals surface area (Å²) >= 11 is 0. The predicted octanol–water partition coefficient (Wildman–Crippen LogP) is 5.91. The van der Waals surface area contributed by atoms with Crippen LogP contribution in [0, 0.1) is 5.92 Å². The molecule has 0 bridgehead atoms. The molecule has 4 rings (SSSR count). The minimum absolute atomic E-state index is 0.878. The van der Waals surface area contributed by atoms with Crippen molar-refractivity contribution in [2.24, 2.45) is 5.92 Å². The Balaban J connectivity index is 1.61. The zero-order valence-corrected chi connectivity index (χ0v) is 14.5. The molecule has 1 aliphatic carbocycles. The smallest absolute Gasteiger partial charge is 0.0915 e. The van der Waals surface area contributed by atoms with Crippen molar-refractivity contribution in [3.05, 3.63) is 71.0 Å². The van der Waals surface area contributed by atoms with Gasteiger partial charge in [-0.05, 0) is 36.1 Å². The first-order valence-corrected chi connectivity index (χ1v) is 9.20. The molecule has 1 heteroatoms. The highest BCUT2D eigenvalue weighted by Crippen LogP contribution is 2.32. The van der Waals surface area contributed by atoms with Crippen molar-refractivity contribution in [3.63, 3.8) is 0 Å². The van der Waals surface area contributed by atoms with Crippen LogP contribution in [0.1, 0.15) is 48.8 Å². The van der Waals surface area contributed by atoms with Gasteiger partial charge in [0, 0.05) is 23.9 Å². The second kappa shape index (κ2) is 6.71. The van der Waals surface area contributed by atoms with E-state index in [1.54, 1.807) is 0 Å². The van der Waals surface area contributed by atoms with Gasteiger partial charge >= 0.3 is 0 Å². The van der Waals surface area contributed by atoms with Crippen LogP contribution in [0.3, 0.4) is 0 Å². The van der Waals surface area contributed by atoms with E-state index >= 15 is 0 Å². The van der Waals surface area contributed by atoms with Crippen molar-refractivity contribution < 1.29 is 0 Å². The maximum absolute atomic E-state index is 3.49. The quantitative estimate of drug-likeness (QED) is 0.636. The van der Waals surface area contributed by atoms with E-state index in [9.17, 15) is 0 Å². The number of hydrogen-bond acceptors (Lipinski definition) is 1. The molecule has 1 nitrogen and oxygen atoms in total. The lowest BCUT2D eigenvalue weighted by atomic mass is 9.84. The van der Waals surface area contributed by atoms with Crippen LogP contribution in [0.25, 0.3) is 11.8 Å². The largest absolute Gasteiger partial charge is 0.337 e. The summed E-state index contributed by atoms with van der Waals surface area (Å²) in [5.41, 5.74) is 9.90. The maximum atomic E-state index is 3.49. The second-order valence-corrected chi connectivity index (χ2v) is 7.16. The monoisotopic (exact) mass is 315 g/mol. The fourth-order valence-corrected chi connectivity index (χ4v) is 4.13. The van der Waals surface area contributed by atoms with Crippen molar-refractivity contribution in [1.29, 1.82) is 0 Å². The molecular weight excluding hydrogens is 290 g/mol. The van der Waals surface area contributed by atoms with Crippen LogP contribution in [0.5, 0.6) is 0 Å². The summed E-state index contributed by atoms with van der Waals surface area (Å²) in [4.78, 5) is 2.26. The van der Waals surface area contributed by atoms with Gasteiger partial charge < -0.3 is 4.90 Å². The lowest BCUT2D eigenvalue weighted by Gasteiger charge is -2.26. The lowest BCUT2D eigenvalue weighted by Crippen LogP contribution is -2.17. The highest BCUT2D eigenvalue weighted by atomic mass is 15.1. The average molecular weight is 315 g/mol. The van der Waals surface area contributed by atoms with Crippen LogP contribution >= 0.6 is 0 Å². The molecule has 1 aliphatic heterocycles. The minimum Gasteiger partial charge on any atom is -0.337 e. The first kappa shape index (κ1) is 15.3. The summed E-state index contributed by atoms with van der Waals surface area (Å²) in [6.07, 6.45) is 10.4. The summed E-state index contributed by atoms with van der Waals surface area (Å²) in [6.45, 7) is 0. The topological polar surface area (TPSA) is 3.24 Å². The SMILES string of the molecule is CN1C(c2cccc(CC3CCCCC3)c2)=C=Cc2ccccc21. The van der Waals surface area contributed by atoms with Gasteiger partial charge in [-0.2, -0.15) is 0 Å². The van der Waals surface area contributed by atoms with E-state index < -0.39 is 0 Å². The van der Waals surface area contributed by atoms with Gasteiger partial charge in [-0.3, -0.25) is 0 Å². The number of benzene rings is 2. The molecule has 0 unspecified atom stereocenters. The Bertz CT molecular complexity index is 789. The maximum Gasteiger partial charge on any atom is 0.0915 e. The van der Waals surface area contributed by atoms with Gasteiger partial charge in [-0.25, -0.2) is 0 Å². The molecule has 0 aromatic heterocycles. The number of rotatable bonds is 3. The third-order valence-corrected chi connectivity index (χ3v) is 5.45. The zero-order valence-electron chi connectivity index (χ0n) is 14.5. The Morgan fingerprint density at radius 2 is 1.83 bits per heavy atom. The van der Waals surface area contributed by atoms with Gasteiger partial charge in [-0.1, -0.05) is 74.2 Å². The molecule has 0 spiro atoms.